The van der Waals surface area contributed by atoms with Gasteiger partial charge in [0, 0.05) is 24.9 Å². The number of aromatic nitrogens is 4. The Morgan fingerprint density at radius 1 is 1.06 bits per heavy atom. The SMILES string of the molecule is CN(C(=O)O)c1c(N)nc(-n2nc(Cc3cc(F)cc(F)c3F)c3cc(F)ccc32)nc1N. The minimum absolute atomic E-state index is 0.0703. The van der Waals surface area contributed by atoms with Gasteiger partial charge in [-0.25, -0.2) is 22.4 Å². The van der Waals surface area contributed by atoms with Crippen molar-refractivity contribution in [3.8, 4) is 5.95 Å². The van der Waals surface area contributed by atoms with Gasteiger partial charge >= 0.3 is 6.09 Å². The topological polar surface area (TPSA) is 136 Å². The van der Waals surface area contributed by atoms with Crippen molar-refractivity contribution in [1.29, 1.82) is 0 Å². The van der Waals surface area contributed by atoms with Gasteiger partial charge in [0.05, 0.1) is 11.2 Å². The molecule has 9 nitrogen and oxygen atoms in total. The molecule has 0 unspecified atom stereocenters. The number of benzene rings is 2. The zero-order valence-corrected chi connectivity index (χ0v) is 16.9. The lowest BCUT2D eigenvalue weighted by atomic mass is 10.1. The van der Waals surface area contributed by atoms with Crippen LogP contribution in [0.2, 0.25) is 0 Å². The molecule has 0 fully saturated rings. The predicted octanol–water partition coefficient (Wildman–Crippen LogP) is 3.24. The van der Waals surface area contributed by atoms with Crippen LogP contribution in [-0.2, 0) is 6.42 Å². The van der Waals surface area contributed by atoms with Crippen LogP contribution in [0, 0.1) is 23.3 Å². The van der Waals surface area contributed by atoms with Crippen LogP contribution in [0.3, 0.4) is 0 Å². The Kier molecular flexibility index (Phi) is 5.24. The Hall–Kier alpha value is -4.42. The van der Waals surface area contributed by atoms with Gasteiger partial charge in [-0.1, -0.05) is 0 Å². The van der Waals surface area contributed by atoms with Crippen molar-refractivity contribution in [3.63, 3.8) is 0 Å². The minimum atomic E-state index is -1.37. The zero-order valence-electron chi connectivity index (χ0n) is 16.9. The Bertz CT molecular complexity index is 1400. The highest BCUT2D eigenvalue weighted by molar-refractivity contribution is 5.93. The Labute approximate surface area is 182 Å². The number of amides is 1. The standard InChI is InChI=1S/C20H15F4N7O2/c1-30(20(32)33)16-17(25)27-19(28-18(16)26)31-14-3-2-9(21)6-11(14)13(29-31)5-8-4-10(22)7-12(23)15(8)24/h2-4,6-7H,5H2,1H3,(H,32,33)(H4,25,26,27,28). The Morgan fingerprint density at radius 3 is 2.36 bits per heavy atom. The number of carbonyl (C=O) groups is 1. The van der Waals surface area contributed by atoms with E-state index < -0.39 is 29.4 Å². The molecule has 1 amide bonds. The van der Waals surface area contributed by atoms with Gasteiger partial charge in [0.15, 0.2) is 23.3 Å². The maximum atomic E-state index is 14.2. The smallest absolute Gasteiger partial charge is 0.411 e. The molecule has 0 aliphatic carbocycles. The van der Waals surface area contributed by atoms with E-state index in [0.29, 0.717) is 6.07 Å². The molecule has 2 aromatic heterocycles. The third-order valence-electron chi connectivity index (χ3n) is 4.88. The molecule has 0 saturated heterocycles. The molecular weight excluding hydrogens is 446 g/mol. The van der Waals surface area contributed by atoms with Crippen molar-refractivity contribution < 1.29 is 27.5 Å². The van der Waals surface area contributed by atoms with Crippen molar-refractivity contribution in [2.24, 2.45) is 0 Å². The van der Waals surface area contributed by atoms with E-state index in [2.05, 4.69) is 15.1 Å². The molecular formula is C20H15F4N7O2. The van der Waals surface area contributed by atoms with Gasteiger partial charge in [0.25, 0.3) is 5.95 Å². The van der Waals surface area contributed by atoms with Gasteiger partial charge in [-0.15, -0.1) is 0 Å². The van der Waals surface area contributed by atoms with Crippen LogP contribution in [0.1, 0.15) is 11.3 Å². The molecule has 0 aliphatic rings. The van der Waals surface area contributed by atoms with Crippen molar-refractivity contribution >= 4 is 34.3 Å². The fraction of sp³-hybridized carbons (Fsp3) is 0.100. The molecule has 4 aromatic rings. The van der Waals surface area contributed by atoms with Crippen molar-refractivity contribution in [3.05, 3.63) is 64.9 Å². The summed E-state index contributed by atoms with van der Waals surface area (Å²) in [6.07, 6.45) is -1.73. The summed E-state index contributed by atoms with van der Waals surface area (Å²) < 4.78 is 56.6. The maximum absolute atomic E-state index is 14.2. The number of halogens is 4. The summed E-state index contributed by atoms with van der Waals surface area (Å²) in [7, 11) is 1.20. The number of nitrogen functional groups attached to an aromatic ring is 2. The zero-order chi connectivity index (χ0) is 24.0. The van der Waals surface area contributed by atoms with Crippen LogP contribution in [0.5, 0.6) is 0 Å². The lowest BCUT2D eigenvalue weighted by Gasteiger charge is -2.17. The summed E-state index contributed by atoms with van der Waals surface area (Å²) in [5.74, 6) is -4.97. The first-order chi connectivity index (χ1) is 15.6. The van der Waals surface area contributed by atoms with E-state index in [9.17, 15) is 22.4 Å². The lowest BCUT2D eigenvalue weighted by molar-refractivity contribution is 0.203. The molecule has 0 spiro atoms. The summed E-state index contributed by atoms with van der Waals surface area (Å²) >= 11 is 0. The first-order valence-electron chi connectivity index (χ1n) is 9.27. The van der Waals surface area contributed by atoms with Crippen LogP contribution in [-0.4, -0.2) is 38.0 Å². The predicted molar refractivity (Wildman–Crippen MR) is 111 cm³/mol. The fourth-order valence-corrected chi connectivity index (χ4v) is 3.37. The molecule has 2 heterocycles. The molecule has 0 bridgehead atoms. The molecule has 33 heavy (non-hydrogen) atoms. The third-order valence-corrected chi connectivity index (χ3v) is 4.88. The van der Waals surface area contributed by atoms with Crippen LogP contribution < -0.4 is 16.4 Å². The van der Waals surface area contributed by atoms with Gasteiger partial charge in [-0.3, -0.25) is 4.90 Å². The number of nitrogens with two attached hydrogens (primary N) is 2. The van der Waals surface area contributed by atoms with E-state index >= 15 is 0 Å². The van der Waals surface area contributed by atoms with E-state index in [1.165, 1.54) is 13.1 Å². The lowest BCUT2D eigenvalue weighted by Crippen LogP contribution is -2.27. The second-order valence-corrected chi connectivity index (χ2v) is 7.04. The normalized spacial score (nSPS) is 11.2. The van der Waals surface area contributed by atoms with E-state index in [4.69, 9.17) is 16.6 Å². The summed E-state index contributed by atoms with van der Waals surface area (Å²) in [4.78, 5) is 20.1. The maximum Gasteiger partial charge on any atom is 0.411 e. The minimum Gasteiger partial charge on any atom is -0.465 e. The fourth-order valence-electron chi connectivity index (χ4n) is 3.37. The van der Waals surface area contributed by atoms with Gasteiger partial charge < -0.3 is 16.6 Å². The Morgan fingerprint density at radius 2 is 1.73 bits per heavy atom. The highest BCUT2D eigenvalue weighted by Crippen LogP contribution is 2.30. The summed E-state index contributed by atoms with van der Waals surface area (Å²) in [6, 6.07) is 4.81. The number of rotatable bonds is 4. The molecule has 2 aromatic carbocycles. The van der Waals surface area contributed by atoms with Crippen LogP contribution in [0.25, 0.3) is 16.9 Å². The van der Waals surface area contributed by atoms with Crippen molar-refractivity contribution in [2.75, 3.05) is 23.4 Å². The highest BCUT2D eigenvalue weighted by atomic mass is 19.2. The van der Waals surface area contributed by atoms with E-state index in [-0.39, 0.29) is 51.9 Å². The molecule has 0 saturated carbocycles. The molecule has 5 N–H and O–H groups in total. The number of nitrogens with zero attached hydrogens (tertiary/aromatic N) is 5. The molecule has 0 radical (unpaired) electrons. The number of fused-ring (bicyclic) bond motifs is 1. The van der Waals surface area contributed by atoms with Crippen molar-refractivity contribution in [1.82, 2.24) is 19.7 Å². The quantitative estimate of drug-likeness (QED) is 0.314. The van der Waals surface area contributed by atoms with E-state index in [1.54, 1.807) is 0 Å². The number of hydrogen-bond acceptors (Lipinski definition) is 6. The van der Waals surface area contributed by atoms with Gasteiger partial charge in [0.2, 0.25) is 0 Å². The van der Waals surface area contributed by atoms with Gasteiger partial charge in [-0.05, 0) is 29.8 Å². The highest BCUT2D eigenvalue weighted by Gasteiger charge is 2.22. The molecule has 170 valence electrons. The first kappa shape index (κ1) is 21.8. The average molecular weight is 461 g/mol. The summed E-state index contributed by atoms with van der Waals surface area (Å²) in [5, 5.41) is 13.6. The van der Waals surface area contributed by atoms with E-state index in [1.807, 2.05) is 0 Å². The van der Waals surface area contributed by atoms with Crippen LogP contribution >= 0.6 is 0 Å². The summed E-state index contributed by atoms with van der Waals surface area (Å²) in [6.45, 7) is 0. The van der Waals surface area contributed by atoms with Crippen LogP contribution in [0.15, 0.2) is 30.3 Å². The van der Waals surface area contributed by atoms with Crippen molar-refractivity contribution in [2.45, 2.75) is 6.42 Å². The number of anilines is 3. The largest absolute Gasteiger partial charge is 0.465 e. The Balaban J connectivity index is 1.88. The number of carboxylic acid groups (broad SMARTS) is 1. The average Bonchev–Trinajstić information content (AvgIpc) is 3.08. The van der Waals surface area contributed by atoms with E-state index in [0.717, 1.165) is 27.8 Å². The monoisotopic (exact) mass is 461 g/mol. The molecule has 0 aliphatic heterocycles. The van der Waals surface area contributed by atoms with Gasteiger partial charge in [0.1, 0.15) is 17.3 Å². The second kappa shape index (κ2) is 7.93. The van der Waals surface area contributed by atoms with Crippen LogP contribution in [0.4, 0.5) is 39.7 Å². The summed E-state index contributed by atoms with van der Waals surface area (Å²) in [5.41, 5.74) is 11.6. The van der Waals surface area contributed by atoms with Gasteiger partial charge in [-0.2, -0.15) is 19.7 Å². The third kappa shape index (κ3) is 3.84. The molecule has 13 heteroatoms. The molecule has 4 rings (SSSR count). The number of hydrogen-bond donors (Lipinski definition) is 3. The molecule has 0 atom stereocenters. The first-order valence-corrected chi connectivity index (χ1v) is 9.27. The second-order valence-electron chi connectivity index (χ2n) is 7.04.